The molecular formula is C15H16N2O. The smallest absolute Gasteiger partial charge is 0.120 e. The molecule has 0 N–H and O–H groups in total. The van der Waals surface area contributed by atoms with Gasteiger partial charge in [-0.1, -0.05) is 30.3 Å². The summed E-state index contributed by atoms with van der Waals surface area (Å²) in [6.45, 7) is 1.40. The predicted molar refractivity (Wildman–Crippen MR) is 70.3 cm³/mol. The zero-order valence-corrected chi connectivity index (χ0v) is 10.5. The normalized spacial score (nSPS) is 10.2. The summed E-state index contributed by atoms with van der Waals surface area (Å²) in [6, 6.07) is 16.3. The Balaban J connectivity index is 2.25. The van der Waals surface area contributed by atoms with Crippen molar-refractivity contribution < 1.29 is 4.74 Å². The maximum absolute atomic E-state index is 9.13. The van der Waals surface area contributed by atoms with Crippen LogP contribution in [-0.2, 0) is 17.7 Å². The average Bonchev–Trinajstić information content (AvgIpc) is 2.80. The van der Waals surface area contributed by atoms with E-state index in [4.69, 9.17) is 10.00 Å². The first-order chi connectivity index (χ1) is 8.85. The van der Waals surface area contributed by atoms with Gasteiger partial charge in [-0.25, -0.2) is 0 Å². The van der Waals surface area contributed by atoms with E-state index in [1.807, 2.05) is 34.9 Å². The summed E-state index contributed by atoms with van der Waals surface area (Å²) in [5, 5.41) is 9.13. The van der Waals surface area contributed by atoms with Crippen molar-refractivity contribution >= 4 is 0 Å². The molecule has 3 heteroatoms. The van der Waals surface area contributed by atoms with Gasteiger partial charge in [0.2, 0.25) is 0 Å². The molecule has 0 aliphatic carbocycles. The van der Waals surface area contributed by atoms with Gasteiger partial charge < -0.3 is 9.30 Å². The first kappa shape index (κ1) is 12.4. The van der Waals surface area contributed by atoms with Crippen molar-refractivity contribution in [2.75, 3.05) is 13.7 Å². The predicted octanol–water partition coefficient (Wildman–Crippen LogP) is 2.60. The van der Waals surface area contributed by atoms with E-state index >= 15 is 0 Å². The Kier molecular flexibility index (Phi) is 4.16. The van der Waals surface area contributed by atoms with Gasteiger partial charge in [-0.05, 0) is 17.7 Å². The van der Waals surface area contributed by atoms with Crippen LogP contribution >= 0.6 is 0 Å². The monoisotopic (exact) mass is 240 g/mol. The zero-order valence-electron chi connectivity index (χ0n) is 10.5. The second-order valence-electron chi connectivity index (χ2n) is 4.14. The average molecular weight is 240 g/mol. The molecule has 1 aromatic carbocycles. The molecule has 1 heterocycles. The number of aromatic nitrogens is 1. The van der Waals surface area contributed by atoms with E-state index in [0.29, 0.717) is 12.3 Å². The topological polar surface area (TPSA) is 37.9 Å². The van der Waals surface area contributed by atoms with Crippen LogP contribution in [0.4, 0.5) is 0 Å². The third-order valence-corrected chi connectivity index (χ3v) is 2.93. The molecule has 92 valence electrons. The SMILES string of the molecule is COCCc1ccc(C#N)n1Cc1ccccc1. The third kappa shape index (κ3) is 2.79. The molecule has 0 aliphatic heterocycles. The van der Waals surface area contributed by atoms with Crippen molar-refractivity contribution in [3.8, 4) is 6.07 Å². The molecule has 1 aromatic heterocycles. The van der Waals surface area contributed by atoms with Crippen molar-refractivity contribution in [3.05, 3.63) is 59.4 Å². The van der Waals surface area contributed by atoms with Crippen LogP contribution in [0.1, 0.15) is 17.0 Å². The van der Waals surface area contributed by atoms with E-state index < -0.39 is 0 Å². The van der Waals surface area contributed by atoms with E-state index in [1.54, 1.807) is 7.11 Å². The number of ether oxygens (including phenoxy) is 1. The van der Waals surface area contributed by atoms with Crippen molar-refractivity contribution in [1.82, 2.24) is 4.57 Å². The van der Waals surface area contributed by atoms with Crippen LogP contribution in [0.2, 0.25) is 0 Å². The van der Waals surface area contributed by atoms with Crippen molar-refractivity contribution in [2.45, 2.75) is 13.0 Å². The largest absolute Gasteiger partial charge is 0.384 e. The fraction of sp³-hybridized carbons (Fsp3) is 0.267. The summed E-state index contributed by atoms with van der Waals surface area (Å²) in [5.41, 5.74) is 3.03. The van der Waals surface area contributed by atoms with Crippen molar-refractivity contribution in [3.63, 3.8) is 0 Å². The Bertz CT molecular complexity index is 537. The van der Waals surface area contributed by atoms with Crippen molar-refractivity contribution in [2.24, 2.45) is 0 Å². The lowest BCUT2D eigenvalue weighted by molar-refractivity contribution is 0.200. The summed E-state index contributed by atoms with van der Waals surface area (Å²) in [4.78, 5) is 0. The summed E-state index contributed by atoms with van der Waals surface area (Å²) in [6.07, 6.45) is 0.824. The Morgan fingerprint density at radius 2 is 1.94 bits per heavy atom. The molecule has 0 aliphatic rings. The molecule has 0 spiro atoms. The molecule has 0 bridgehead atoms. The second kappa shape index (κ2) is 6.04. The number of methoxy groups -OCH3 is 1. The molecule has 0 fully saturated rings. The molecule has 0 atom stereocenters. The van der Waals surface area contributed by atoms with Gasteiger partial charge in [0, 0.05) is 25.8 Å². The van der Waals surface area contributed by atoms with Gasteiger partial charge in [-0.3, -0.25) is 0 Å². The standard InChI is InChI=1S/C15H16N2O/c1-18-10-9-14-7-8-15(11-16)17(14)12-13-5-3-2-4-6-13/h2-8H,9-10,12H2,1H3. The number of nitriles is 1. The molecule has 0 saturated carbocycles. The van der Waals surface area contributed by atoms with Crippen LogP contribution in [0.3, 0.4) is 0 Å². The van der Waals surface area contributed by atoms with Crippen LogP contribution in [0, 0.1) is 11.3 Å². The van der Waals surface area contributed by atoms with Gasteiger partial charge in [0.15, 0.2) is 0 Å². The highest BCUT2D eigenvalue weighted by Gasteiger charge is 2.08. The molecule has 0 amide bonds. The van der Waals surface area contributed by atoms with Gasteiger partial charge in [0.25, 0.3) is 0 Å². The first-order valence-electron chi connectivity index (χ1n) is 5.96. The molecule has 2 rings (SSSR count). The minimum absolute atomic E-state index is 0.670. The first-order valence-corrected chi connectivity index (χ1v) is 5.96. The van der Waals surface area contributed by atoms with Gasteiger partial charge in [0.05, 0.1) is 6.61 Å². The summed E-state index contributed by atoms with van der Waals surface area (Å²) >= 11 is 0. The lowest BCUT2D eigenvalue weighted by Gasteiger charge is -2.10. The van der Waals surface area contributed by atoms with E-state index in [9.17, 15) is 0 Å². The molecule has 0 unspecified atom stereocenters. The summed E-state index contributed by atoms with van der Waals surface area (Å²) in [7, 11) is 1.69. The fourth-order valence-electron chi connectivity index (χ4n) is 1.99. The zero-order chi connectivity index (χ0) is 12.8. The van der Waals surface area contributed by atoms with Gasteiger partial charge >= 0.3 is 0 Å². The quantitative estimate of drug-likeness (QED) is 0.805. The number of hydrogen-bond donors (Lipinski definition) is 0. The highest BCUT2D eigenvalue weighted by atomic mass is 16.5. The molecule has 0 saturated heterocycles. The van der Waals surface area contributed by atoms with Gasteiger partial charge in [-0.15, -0.1) is 0 Å². The van der Waals surface area contributed by atoms with Crippen molar-refractivity contribution in [1.29, 1.82) is 5.26 Å². The van der Waals surface area contributed by atoms with Crippen LogP contribution in [0.25, 0.3) is 0 Å². The molecular weight excluding hydrogens is 224 g/mol. The van der Waals surface area contributed by atoms with E-state index in [0.717, 1.165) is 18.7 Å². The highest BCUT2D eigenvalue weighted by molar-refractivity contribution is 5.29. The third-order valence-electron chi connectivity index (χ3n) is 2.93. The second-order valence-corrected chi connectivity index (χ2v) is 4.14. The Morgan fingerprint density at radius 3 is 2.61 bits per heavy atom. The fourth-order valence-corrected chi connectivity index (χ4v) is 1.99. The van der Waals surface area contributed by atoms with Crippen LogP contribution in [0.15, 0.2) is 42.5 Å². The Labute approximate surface area is 107 Å². The maximum Gasteiger partial charge on any atom is 0.120 e. The molecule has 2 aromatic rings. The van der Waals surface area contributed by atoms with Crippen LogP contribution in [0.5, 0.6) is 0 Å². The van der Waals surface area contributed by atoms with Crippen LogP contribution < -0.4 is 0 Å². The van der Waals surface area contributed by atoms with Crippen LogP contribution in [-0.4, -0.2) is 18.3 Å². The summed E-state index contributed by atoms with van der Waals surface area (Å²) < 4.78 is 7.15. The minimum atomic E-state index is 0.670. The maximum atomic E-state index is 9.13. The highest BCUT2D eigenvalue weighted by Crippen LogP contribution is 2.13. The number of rotatable bonds is 5. The number of benzene rings is 1. The Morgan fingerprint density at radius 1 is 1.17 bits per heavy atom. The van der Waals surface area contributed by atoms with E-state index in [1.165, 1.54) is 5.56 Å². The van der Waals surface area contributed by atoms with Gasteiger partial charge in [0.1, 0.15) is 11.8 Å². The van der Waals surface area contributed by atoms with E-state index in [2.05, 4.69) is 18.2 Å². The molecule has 0 radical (unpaired) electrons. The lowest BCUT2D eigenvalue weighted by atomic mass is 10.2. The number of hydrogen-bond acceptors (Lipinski definition) is 2. The molecule has 18 heavy (non-hydrogen) atoms. The summed E-state index contributed by atoms with van der Waals surface area (Å²) in [5.74, 6) is 0. The minimum Gasteiger partial charge on any atom is -0.384 e. The molecule has 3 nitrogen and oxygen atoms in total. The lowest BCUT2D eigenvalue weighted by Crippen LogP contribution is -2.08. The van der Waals surface area contributed by atoms with Gasteiger partial charge in [-0.2, -0.15) is 5.26 Å². The number of nitrogens with zero attached hydrogens (tertiary/aromatic N) is 2. The van der Waals surface area contributed by atoms with E-state index in [-0.39, 0.29) is 0 Å². The Hall–Kier alpha value is -2.05.